The number of benzene rings is 2. The van der Waals surface area contributed by atoms with Crippen LogP contribution in [-0.2, 0) is 14.6 Å². The fraction of sp³-hybridized carbons (Fsp3) is 0.500. The number of anilines is 1. The van der Waals surface area contributed by atoms with Gasteiger partial charge in [-0.05, 0) is 68.6 Å². The topological polar surface area (TPSA) is 49.9 Å². The van der Waals surface area contributed by atoms with Gasteiger partial charge < -0.3 is 9.64 Å². The number of nitrogens with zero attached hydrogens (tertiary/aromatic N) is 2. The van der Waals surface area contributed by atoms with Crippen LogP contribution in [0.1, 0.15) is 37.9 Å². The van der Waals surface area contributed by atoms with Gasteiger partial charge in [-0.15, -0.1) is 0 Å². The van der Waals surface area contributed by atoms with Gasteiger partial charge >= 0.3 is 0 Å². The number of halogens is 1. The third-order valence-corrected chi connectivity index (χ3v) is 8.71. The molecule has 0 spiro atoms. The van der Waals surface area contributed by atoms with E-state index in [-0.39, 0.29) is 17.2 Å². The summed E-state index contributed by atoms with van der Waals surface area (Å²) in [5, 5.41) is -0.389. The van der Waals surface area contributed by atoms with Crippen molar-refractivity contribution in [2.45, 2.75) is 42.4 Å². The van der Waals surface area contributed by atoms with Crippen molar-refractivity contribution in [2.75, 3.05) is 44.2 Å². The van der Waals surface area contributed by atoms with Gasteiger partial charge in [0.15, 0.2) is 9.84 Å². The first-order valence-electron chi connectivity index (χ1n) is 11.2. The highest BCUT2D eigenvalue weighted by Gasteiger charge is 2.38. The molecule has 0 aliphatic carbocycles. The molecule has 2 heterocycles. The normalized spacial score (nSPS) is 23.5. The summed E-state index contributed by atoms with van der Waals surface area (Å²) < 4.78 is 45.3. The first kappa shape index (κ1) is 22.2. The molecule has 5 nitrogen and oxygen atoms in total. The van der Waals surface area contributed by atoms with Crippen molar-refractivity contribution >= 4 is 15.5 Å². The zero-order valence-electron chi connectivity index (χ0n) is 18.0. The molecule has 0 bridgehead atoms. The summed E-state index contributed by atoms with van der Waals surface area (Å²) in [6.45, 7) is 7.07. The molecule has 0 N–H and O–H groups in total. The molecule has 1 saturated heterocycles. The third-order valence-electron chi connectivity index (χ3n) is 6.42. The van der Waals surface area contributed by atoms with Crippen molar-refractivity contribution in [3.63, 3.8) is 0 Å². The predicted molar refractivity (Wildman–Crippen MR) is 121 cm³/mol. The molecule has 7 heteroatoms. The minimum Gasteiger partial charge on any atom is -0.374 e. The molecule has 2 aromatic carbocycles. The minimum absolute atomic E-state index is 0.144. The maximum Gasteiger partial charge on any atom is 0.181 e. The monoisotopic (exact) mass is 446 g/mol. The van der Waals surface area contributed by atoms with E-state index in [1.54, 1.807) is 12.1 Å². The van der Waals surface area contributed by atoms with Crippen molar-refractivity contribution in [2.24, 2.45) is 0 Å². The summed E-state index contributed by atoms with van der Waals surface area (Å²) in [6, 6.07) is 13.9. The number of rotatable bonds is 7. The lowest BCUT2D eigenvalue weighted by atomic mass is 10.0. The van der Waals surface area contributed by atoms with E-state index < -0.39 is 9.84 Å². The highest BCUT2D eigenvalue weighted by molar-refractivity contribution is 7.92. The Morgan fingerprint density at radius 3 is 2.45 bits per heavy atom. The number of hydrogen-bond donors (Lipinski definition) is 0. The molecule has 31 heavy (non-hydrogen) atoms. The molecule has 0 amide bonds. The fourth-order valence-electron chi connectivity index (χ4n) is 4.73. The van der Waals surface area contributed by atoms with Crippen LogP contribution in [0.15, 0.2) is 53.4 Å². The van der Waals surface area contributed by atoms with E-state index in [0.717, 1.165) is 50.4 Å². The standard InChI is InChI=1S/C24H31FN2O3S/c1-2-30-23-18-21(31(28,29)24-8-4-3-7-22(23)24)6-5-13-26-14-16-27(17-15-26)20-11-9-19(25)10-12-20/h3-4,7-12,21,23H,2,5-6,13-18H2,1H3. The Balaban J connectivity index is 1.31. The second-order valence-corrected chi connectivity index (χ2v) is 10.5. The summed E-state index contributed by atoms with van der Waals surface area (Å²) >= 11 is 0. The van der Waals surface area contributed by atoms with Crippen molar-refractivity contribution in [1.82, 2.24) is 4.90 Å². The van der Waals surface area contributed by atoms with Crippen LogP contribution in [0.4, 0.5) is 10.1 Å². The Morgan fingerprint density at radius 2 is 1.74 bits per heavy atom. The lowest BCUT2D eigenvalue weighted by Gasteiger charge is -2.36. The molecule has 2 aliphatic rings. The molecule has 2 unspecified atom stereocenters. The fourth-order valence-corrected chi connectivity index (χ4v) is 6.79. The maximum absolute atomic E-state index is 13.2. The number of fused-ring (bicyclic) bond motifs is 1. The van der Waals surface area contributed by atoms with E-state index in [1.807, 2.05) is 31.2 Å². The zero-order chi connectivity index (χ0) is 21.8. The molecule has 0 aromatic heterocycles. The summed E-state index contributed by atoms with van der Waals surface area (Å²) in [4.78, 5) is 5.10. The first-order chi connectivity index (χ1) is 15.0. The van der Waals surface area contributed by atoms with Gasteiger partial charge in [-0.3, -0.25) is 4.90 Å². The minimum atomic E-state index is -3.32. The van der Waals surface area contributed by atoms with Crippen molar-refractivity contribution in [3.8, 4) is 0 Å². The molecule has 0 radical (unpaired) electrons. The summed E-state index contributed by atoms with van der Waals surface area (Å²) in [5.74, 6) is -0.214. The summed E-state index contributed by atoms with van der Waals surface area (Å²) in [5.41, 5.74) is 1.85. The smallest absolute Gasteiger partial charge is 0.181 e. The average Bonchev–Trinajstić information content (AvgIpc) is 2.78. The van der Waals surface area contributed by atoms with Gasteiger partial charge in [-0.1, -0.05) is 18.2 Å². The molecule has 2 atom stereocenters. The lowest BCUT2D eigenvalue weighted by molar-refractivity contribution is 0.0505. The second-order valence-electron chi connectivity index (χ2n) is 8.33. The Hall–Kier alpha value is -1.96. The highest BCUT2D eigenvalue weighted by Crippen LogP contribution is 2.39. The Morgan fingerprint density at radius 1 is 1.03 bits per heavy atom. The number of ether oxygens (including phenoxy) is 1. The Kier molecular flexibility index (Phi) is 6.94. The SMILES string of the molecule is CCOC1CC(CCCN2CCN(c3ccc(F)cc3)CC2)S(=O)(=O)c2ccccc21. The van der Waals surface area contributed by atoms with Gasteiger partial charge in [0, 0.05) is 38.5 Å². The predicted octanol–water partition coefficient (Wildman–Crippen LogP) is 4.05. The molecule has 2 aromatic rings. The van der Waals surface area contributed by atoms with Crippen LogP contribution in [0.25, 0.3) is 0 Å². The lowest BCUT2D eigenvalue weighted by Crippen LogP contribution is -2.46. The van der Waals surface area contributed by atoms with Gasteiger partial charge in [-0.25, -0.2) is 12.8 Å². The number of piperazine rings is 1. The number of sulfone groups is 1. The molecule has 1 fully saturated rings. The van der Waals surface area contributed by atoms with Gasteiger partial charge in [0.25, 0.3) is 0 Å². The van der Waals surface area contributed by atoms with Gasteiger partial charge in [0.1, 0.15) is 5.82 Å². The number of hydrogen-bond acceptors (Lipinski definition) is 5. The van der Waals surface area contributed by atoms with Crippen LogP contribution in [0.5, 0.6) is 0 Å². The second kappa shape index (κ2) is 9.67. The van der Waals surface area contributed by atoms with Crippen molar-refractivity contribution in [1.29, 1.82) is 0 Å². The van der Waals surface area contributed by atoms with E-state index >= 15 is 0 Å². The quantitative estimate of drug-likeness (QED) is 0.642. The van der Waals surface area contributed by atoms with Crippen LogP contribution < -0.4 is 4.90 Å². The molecule has 0 saturated carbocycles. The first-order valence-corrected chi connectivity index (χ1v) is 12.7. The van der Waals surface area contributed by atoms with E-state index in [4.69, 9.17) is 4.74 Å². The van der Waals surface area contributed by atoms with E-state index in [0.29, 0.717) is 24.3 Å². The molecular formula is C24H31FN2O3S. The largest absolute Gasteiger partial charge is 0.374 e. The Labute approximate surface area is 184 Å². The van der Waals surface area contributed by atoms with Crippen molar-refractivity contribution < 1.29 is 17.5 Å². The van der Waals surface area contributed by atoms with E-state index in [9.17, 15) is 12.8 Å². The summed E-state index contributed by atoms with van der Waals surface area (Å²) in [6.07, 6.45) is 1.89. The van der Waals surface area contributed by atoms with Gasteiger partial charge in [0.2, 0.25) is 0 Å². The van der Waals surface area contributed by atoms with Crippen LogP contribution in [0.3, 0.4) is 0 Å². The van der Waals surface area contributed by atoms with Gasteiger partial charge in [-0.2, -0.15) is 0 Å². The zero-order valence-corrected chi connectivity index (χ0v) is 18.9. The Bertz CT molecular complexity index is 973. The van der Waals surface area contributed by atoms with Crippen molar-refractivity contribution in [3.05, 3.63) is 59.9 Å². The van der Waals surface area contributed by atoms with Crippen LogP contribution in [-0.4, -0.2) is 57.9 Å². The third kappa shape index (κ3) is 4.94. The molecule has 168 valence electrons. The molecule has 2 aliphatic heterocycles. The van der Waals surface area contributed by atoms with Crippen LogP contribution in [0.2, 0.25) is 0 Å². The van der Waals surface area contributed by atoms with Crippen LogP contribution in [0, 0.1) is 5.82 Å². The average molecular weight is 447 g/mol. The van der Waals surface area contributed by atoms with E-state index in [2.05, 4.69) is 9.80 Å². The molecular weight excluding hydrogens is 415 g/mol. The highest BCUT2D eigenvalue weighted by atomic mass is 32.2. The maximum atomic E-state index is 13.2. The van der Waals surface area contributed by atoms with Gasteiger partial charge in [0.05, 0.1) is 16.2 Å². The molecule has 4 rings (SSSR count). The van der Waals surface area contributed by atoms with Crippen LogP contribution >= 0.6 is 0 Å². The van der Waals surface area contributed by atoms with E-state index in [1.165, 1.54) is 12.1 Å². The summed E-state index contributed by atoms with van der Waals surface area (Å²) in [7, 11) is -3.32.